The number of carboxylic acid groups (broad SMARTS) is 1. The fraction of sp³-hybridized carbons (Fsp3) is 0.381. The molecule has 158 valence electrons. The van der Waals surface area contributed by atoms with E-state index < -0.39 is 11.8 Å². The highest BCUT2D eigenvalue weighted by Gasteiger charge is 2.56. The lowest BCUT2D eigenvalue weighted by atomic mass is 9.96. The molecule has 0 radical (unpaired) electrons. The Labute approximate surface area is 168 Å². The van der Waals surface area contributed by atoms with Gasteiger partial charge in [0.05, 0.1) is 0 Å². The molecule has 1 atom stereocenters. The van der Waals surface area contributed by atoms with Gasteiger partial charge in [-0.3, -0.25) is 4.79 Å². The maximum Gasteiger partial charge on any atom is 0.290 e. The van der Waals surface area contributed by atoms with Crippen LogP contribution in [0.25, 0.3) is 5.57 Å². The number of carbonyl (C=O) groups is 1. The zero-order chi connectivity index (χ0) is 22.0. The van der Waals surface area contributed by atoms with Gasteiger partial charge in [0.25, 0.3) is 12.4 Å². The summed E-state index contributed by atoms with van der Waals surface area (Å²) in [6.07, 6.45) is 4.32. The molecule has 1 fully saturated rings. The predicted octanol–water partition coefficient (Wildman–Crippen LogP) is 4.79. The van der Waals surface area contributed by atoms with Crippen molar-refractivity contribution in [3.8, 4) is 0 Å². The van der Waals surface area contributed by atoms with Crippen molar-refractivity contribution in [1.29, 1.82) is 0 Å². The SMILES string of the molecule is C=NN=C.CC1=C(c2ccc(C)cc2F)C=CN(CCC2CC2(F)F)C1.O=CO. The van der Waals surface area contributed by atoms with Crippen LogP contribution in [0.2, 0.25) is 0 Å². The molecule has 1 unspecified atom stereocenters. The fourth-order valence-electron chi connectivity index (χ4n) is 2.98. The first-order chi connectivity index (χ1) is 13.7. The van der Waals surface area contributed by atoms with Gasteiger partial charge in [0, 0.05) is 44.4 Å². The quantitative estimate of drug-likeness (QED) is 0.432. The second-order valence-corrected chi connectivity index (χ2v) is 6.80. The van der Waals surface area contributed by atoms with E-state index >= 15 is 0 Å². The highest BCUT2D eigenvalue weighted by Crippen LogP contribution is 2.50. The normalized spacial score (nSPS) is 18.7. The van der Waals surface area contributed by atoms with Crippen LogP contribution in [-0.4, -0.2) is 48.9 Å². The van der Waals surface area contributed by atoms with E-state index in [0.717, 1.165) is 16.7 Å². The summed E-state index contributed by atoms with van der Waals surface area (Å²) < 4.78 is 39.9. The second-order valence-electron chi connectivity index (χ2n) is 6.80. The highest BCUT2D eigenvalue weighted by atomic mass is 19.3. The van der Waals surface area contributed by atoms with Gasteiger partial charge in [-0.1, -0.05) is 12.1 Å². The number of halogens is 3. The standard InChI is InChI=1S/C18H20F3N.C2H4N2.CH2O2/c1-12-3-4-16(17(19)9-12)15-6-8-22(11-13(15)2)7-5-14-10-18(14,20)21;1-3-4-2;2-1-3/h3-4,6,8-9,14H,5,7,10-11H2,1-2H3;1-2H2;1H,(H,2,3). The third-order valence-corrected chi connectivity index (χ3v) is 4.59. The largest absolute Gasteiger partial charge is 0.483 e. The molecule has 1 aromatic carbocycles. The molecule has 1 heterocycles. The minimum absolute atomic E-state index is 0.0270. The lowest BCUT2D eigenvalue weighted by Gasteiger charge is -2.26. The first-order valence-corrected chi connectivity index (χ1v) is 8.96. The molecule has 0 aromatic heterocycles. The average Bonchev–Trinajstić information content (AvgIpc) is 3.28. The van der Waals surface area contributed by atoms with Crippen LogP contribution in [0.3, 0.4) is 0 Å². The van der Waals surface area contributed by atoms with E-state index in [1.54, 1.807) is 6.07 Å². The Morgan fingerprint density at radius 1 is 1.31 bits per heavy atom. The summed E-state index contributed by atoms with van der Waals surface area (Å²) in [5.41, 5.74) is 3.46. The third-order valence-electron chi connectivity index (χ3n) is 4.59. The maximum absolute atomic E-state index is 14.1. The summed E-state index contributed by atoms with van der Waals surface area (Å²) in [5.74, 6) is -3.12. The van der Waals surface area contributed by atoms with Crippen LogP contribution in [0.5, 0.6) is 0 Å². The molecule has 2 aliphatic rings. The van der Waals surface area contributed by atoms with Gasteiger partial charge in [0.1, 0.15) is 5.82 Å². The molecule has 0 saturated heterocycles. The molecule has 29 heavy (non-hydrogen) atoms. The molecule has 1 aliphatic carbocycles. The molecule has 1 saturated carbocycles. The van der Waals surface area contributed by atoms with E-state index in [4.69, 9.17) is 9.90 Å². The van der Waals surface area contributed by atoms with Gasteiger partial charge in [-0.25, -0.2) is 13.2 Å². The van der Waals surface area contributed by atoms with Crippen molar-refractivity contribution in [3.05, 3.63) is 53.0 Å². The summed E-state index contributed by atoms with van der Waals surface area (Å²) in [7, 11) is 0. The Morgan fingerprint density at radius 3 is 2.34 bits per heavy atom. The van der Waals surface area contributed by atoms with Crippen molar-refractivity contribution < 1.29 is 23.1 Å². The van der Waals surface area contributed by atoms with Crippen LogP contribution < -0.4 is 0 Å². The Hall–Kier alpha value is -2.90. The third kappa shape index (κ3) is 7.56. The number of allylic oxidation sites excluding steroid dienone is 2. The molecule has 1 aliphatic heterocycles. The first kappa shape index (κ1) is 24.1. The van der Waals surface area contributed by atoms with Crippen LogP contribution in [0.1, 0.15) is 30.9 Å². The number of benzene rings is 1. The maximum atomic E-state index is 14.1. The van der Waals surface area contributed by atoms with Crippen LogP contribution in [0, 0.1) is 18.7 Å². The minimum Gasteiger partial charge on any atom is -0.483 e. The van der Waals surface area contributed by atoms with E-state index in [-0.39, 0.29) is 18.7 Å². The van der Waals surface area contributed by atoms with Gasteiger partial charge in [-0.2, -0.15) is 10.2 Å². The van der Waals surface area contributed by atoms with Crippen LogP contribution in [-0.2, 0) is 4.79 Å². The first-order valence-electron chi connectivity index (χ1n) is 8.96. The molecule has 0 spiro atoms. The Kier molecular flexibility index (Phi) is 9.31. The van der Waals surface area contributed by atoms with Crippen molar-refractivity contribution in [3.63, 3.8) is 0 Å². The summed E-state index contributed by atoms with van der Waals surface area (Å²) in [6.45, 7) is 10.9. The van der Waals surface area contributed by atoms with Crippen molar-refractivity contribution in [2.24, 2.45) is 16.1 Å². The summed E-state index contributed by atoms with van der Waals surface area (Å²) in [5, 5.41) is 12.9. The van der Waals surface area contributed by atoms with Crippen molar-refractivity contribution in [2.75, 3.05) is 13.1 Å². The van der Waals surface area contributed by atoms with E-state index in [1.165, 1.54) is 6.07 Å². The van der Waals surface area contributed by atoms with Crippen molar-refractivity contribution in [1.82, 2.24) is 4.90 Å². The Morgan fingerprint density at radius 2 is 1.90 bits per heavy atom. The fourth-order valence-corrected chi connectivity index (χ4v) is 2.98. The van der Waals surface area contributed by atoms with Gasteiger partial charge in [0.2, 0.25) is 0 Å². The molecule has 1 N–H and O–H groups in total. The topological polar surface area (TPSA) is 65.3 Å². The molecular weight excluding hydrogens is 383 g/mol. The lowest BCUT2D eigenvalue weighted by Crippen LogP contribution is -2.24. The van der Waals surface area contributed by atoms with Crippen LogP contribution in [0.15, 0.2) is 46.3 Å². The van der Waals surface area contributed by atoms with E-state index in [2.05, 4.69) is 23.6 Å². The number of alkyl halides is 2. The molecule has 0 bridgehead atoms. The molecule has 8 heteroatoms. The monoisotopic (exact) mass is 409 g/mol. The zero-order valence-electron chi connectivity index (χ0n) is 16.6. The lowest BCUT2D eigenvalue weighted by molar-refractivity contribution is -0.122. The zero-order valence-corrected chi connectivity index (χ0v) is 16.6. The van der Waals surface area contributed by atoms with Gasteiger partial charge in [0.15, 0.2) is 0 Å². The van der Waals surface area contributed by atoms with E-state index in [1.807, 2.05) is 37.1 Å². The number of aryl methyl sites for hydroxylation is 1. The molecular formula is C21H26F3N3O2. The van der Waals surface area contributed by atoms with Crippen LogP contribution >= 0.6 is 0 Å². The van der Waals surface area contributed by atoms with Gasteiger partial charge >= 0.3 is 0 Å². The highest BCUT2D eigenvalue weighted by molar-refractivity contribution is 5.78. The average molecular weight is 409 g/mol. The predicted molar refractivity (Wildman–Crippen MR) is 110 cm³/mol. The minimum atomic E-state index is -2.44. The number of rotatable bonds is 5. The number of hydrogen-bond acceptors (Lipinski definition) is 4. The molecule has 5 nitrogen and oxygen atoms in total. The van der Waals surface area contributed by atoms with E-state index in [9.17, 15) is 13.2 Å². The second kappa shape index (κ2) is 11.2. The van der Waals surface area contributed by atoms with Crippen molar-refractivity contribution >= 4 is 25.5 Å². The molecule has 1 aromatic rings. The number of nitrogens with zero attached hydrogens (tertiary/aromatic N) is 3. The molecule has 3 rings (SSSR count). The smallest absolute Gasteiger partial charge is 0.290 e. The Bertz CT molecular complexity index is 785. The van der Waals surface area contributed by atoms with E-state index in [0.29, 0.717) is 25.1 Å². The summed E-state index contributed by atoms with van der Waals surface area (Å²) in [6, 6.07) is 5.23. The van der Waals surface area contributed by atoms with Crippen LogP contribution in [0.4, 0.5) is 13.2 Å². The van der Waals surface area contributed by atoms with Gasteiger partial charge in [-0.15, -0.1) is 0 Å². The molecule has 0 amide bonds. The Balaban J connectivity index is 0.000000526. The summed E-state index contributed by atoms with van der Waals surface area (Å²) >= 11 is 0. The number of hydrogen-bond donors (Lipinski definition) is 1. The van der Waals surface area contributed by atoms with Crippen molar-refractivity contribution in [2.45, 2.75) is 32.6 Å². The van der Waals surface area contributed by atoms with Gasteiger partial charge < -0.3 is 10.0 Å². The summed E-state index contributed by atoms with van der Waals surface area (Å²) in [4.78, 5) is 10.4. The van der Waals surface area contributed by atoms with Gasteiger partial charge in [-0.05, 0) is 55.3 Å².